The highest BCUT2D eigenvalue weighted by atomic mass is 35.5. The third kappa shape index (κ3) is 5.28. The van der Waals surface area contributed by atoms with Gasteiger partial charge in [0, 0.05) is 0 Å². The van der Waals surface area contributed by atoms with Crippen LogP contribution in [0.3, 0.4) is 0 Å². The number of nitrogens with zero attached hydrogens (tertiary/aromatic N) is 2. The summed E-state index contributed by atoms with van der Waals surface area (Å²) < 4.78 is 39.8. The summed E-state index contributed by atoms with van der Waals surface area (Å²) in [7, 11) is 0. The molecule has 1 N–H and O–H groups in total. The van der Waals surface area contributed by atoms with Crippen molar-refractivity contribution in [2.45, 2.75) is 6.36 Å². The van der Waals surface area contributed by atoms with E-state index in [1.165, 1.54) is 23.9 Å². The molecule has 0 atom stereocenters. The van der Waals surface area contributed by atoms with Crippen molar-refractivity contribution in [1.82, 2.24) is 5.32 Å². The van der Waals surface area contributed by atoms with Crippen LogP contribution in [0.2, 0.25) is 5.02 Å². The largest absolute Gasteiger partial charge is 0.573 e. The lowest BCUT2D eigenvalue weighted by Gasteiger charge is -2.10. The number of hydrogen-bond donors (Lipinski definition) is 1. The van der Waals surface area contributed by atoms with Gasteiger partial charge in [-0.1, -0.05) is 23.4 Å². The van der Waals surface area contributed by atoms with Gasteiger partial charge in [-0.3, -0.25) is 5.32 Å². The first kappa shape index (κ1) is 15.5. The van der Waals surface area contributed by atoms with Crippen molar-refractivity contribution in [3.05, 3.63) is 23.2 Å². The number of thioether (sulfide) groups is 1. The average Bonchev–Trinajstić information content (AvgIpc) is 2.30. The predicted molar refractivity (Wildman–Crippen MR) is 67.5 cm³/mol. The number of benzene rings is 1. The Morgan fingerprint density at radius 3 is 2.68 bits per heavy atom. The summed E-state index contributed by atoms with van der Waals surface area (Å²) in [6.07, 6.45) is -1.43. The maximum atomic E-state index is 12.0. The van der Waals surface area contributed by atoms with Crippen molar-refractivity contribution in [2.24, 2.45) is 4.99 Å². The summed E-state index contributed by atoms with van der Waals surface area (Å²) in [5.74, 6) is -0.507. The van der Waals surface area contributed by atoms with Crippen LogP contribution in [0, 0.1) is 11.5 Å². The molecule has 0 bridgehead atoms. The Morgan fingerprint density at radius 2 is 2.21 bits per heavy atom. The Morgan fingerprint density at radius 1 is 1.53 bits per heavy atom. The topological polar surface area (TPSA) is 57.4 Å². The van der Waals surface area contributed by atoms with E-state index < -0.39 is 12.1 Å². The molecule has 0 aliphatic rings. The van der Waals surface area contributed by atoms with Crippen molar-refractivity contribution in [3.8, 4) is 11.9 Å². The molecule has 1 aromatic carbocycles. The molecule has 0 spiro atoms. The van der Waals surface area contributed by atoms with Gasteiger partial charge in [-0.25, -0.2) is 4.99 Å². The van der Waals surface area contributed by atoms with Gasteiger partial charge in [0.2, 0.25) is 0 Å². The molecule has 1 aromatic rings. The molecule has 0 aliphatic carbocycles. The monoisotopic (exact) mass is 309 g/mol. The second-order valence-electron chi connectivity index (χ2n) is 3.02. The van der Waals surface area contributed by atoms with Gasteiger partial charge in [-0.15, -0.1) is 13.2 Å². The normalized spacial score (nSPS) is 11.9. The van der Waals surface area contributed by atoms with Crippen LogP contribution in [-0.4, -0.2) is 17.8 Å². The molecule has 0 fully saturated rings. The van der Waals surface area contributed by atoms with E-state index in [-0.39, 0.29) is 5.02 Å². The molecule has 0 aromatic heterocycles. The highest BCUT2D eigenvalue weighted by Crippen LogP contribution is 2.33. The lowest BCUT2D eigenvalue weighted by atomic mass is 10.3. The predicted octanol–water partition coefficient (Wildman–Crippen LogP) is 3.66. The second-order valence-corrected chi connectivity index (χ2v) is 4.22. The standard InChI is InChI=1S/C10H7ClF3N3OS/c1-19-9(16-5-15)17-6-2-3-8(7(11)4-6)18-10(12,13)14/h2-4H,1H3,(H,16,17). The highest BCUT2D eigenvalue weighted by Gasteiger charge is 2.32. The number of rotatable bonds is 2. The van der Waals surface area contributed by atoms with Crippen molar-refractivity contribution < 1.29 is 17.9 Å². The number of ether oxygens (including phenoxy) is 1. The number of nitrogens with one attached hydrogen (secondary N) is 1. The summed E-state index contributed by atoms with van der Waals surface area (Å²) in [6, 6.07) is 3.55. The Bertz CT molecular complexity index is 528. The van der Waals surface area contributed by atoms with E-state index in [2.05, 4.69) is 15.0 Å². The summed E-state index contributed by atoms with van der Waals surface area (Å²) in [4.78, 5) is 3.99. The fourth-order valence-electron chi connectivity index (χ4n) is 1.06. The van der Waals surface area contributed by atoms with Crippen LogP contribution in [-0.2, 0) is 0 Å². The zero-order chi connectivity index (χ0) is 14.5. The van der Waals surface area contributed by atoms with Gasteiger partial charge >= 0.3 is 6.36 Å². The van der Waals surface area contributed by atoms with Gasteiger partial charge in [0.05, 0.1) is 10.7 Å². The molecule has 0 aliphatic heterocycles. The van der Waals surface area contributed by atoms with E-state index in [0.717, 1.165) is 6.07 Å². The molecular formula is C10H7ClF3N3OS. The first-order valence-electron chi connectivity index (χ1n) is 4.69. The van der Waals surface area contributed by atoms with Gasteiger partial charge in [-0.05, 0) is 24.5 Å². The third-order valence-corrected chi connectivity index (χ3v) is 2.60. The molecular weight excluding hydrogens is 303 g/mol. The Balaban J connectivity index is 2.97. The summed E-state index contributed by atoms with van der Waals surface area (Å²) >= 11 is 6.82. The molecule has 102 valence electrons. The maximum absolute atomic E-state index is 12.0. The van der Waals surface area contributed by atoms with Crippen LogP contribution >= 0.6 is 23.4 Å². The van der Waals surface area contributed by atoms with Crippen LogP contribution in [0.15, 0.2) is 23.2 Å². The number of aliphatic imine (C=N–C) groups is 1. The maximum Gasteiger partial charge on any atom is 0.573 e. The molecule has 0 saturated carbocycles. The quantitative estimate of drug-likeness (QED) is 0.392. The SMILES string of the molecule is CSC(=Nc1ccc(OC(F)(F)F)c(Cl)c1)NC#N. The summed E-state index contributed by atoms with van der Waals surface area (Å²) in [5, 5.41) is 10.8. The number of alkyl halides is 3. The molecule has 0 unspecified atom stereocenters. The molecule has 0 saturated heterocycles. The second kappa shape index (κ2) is 6.54. The van der Waals surface area contributed by atoms with Crippen molar-refractivity contribution in [3.63, 3.8) is 0 Å². The molecule has 1 rings (SSSR count). The van der Waals surface area contributed by atoms with Crippen LogP contribution in [0.25, 0.3) is 0 Å². The fraction of sp³-hybridized carbons (Fsp3) is 0.200. The van der Waals surface area contributed by atoms with Crippen molar-refractivity contribution >= 4 is 34.2 Å². The van der Waals surface area contributed by atoms with E-state index in [4.69, 9.17) is 16.9 Å². The highest BCUT2D eigenvalue weighted by molar-refractivity contribution is 8.13. The Hall–Kier alpha value is -1.59. The lowest BCUT2D eigenvalue weighted by molar-refractivity contribution is -0.274. The first-order chi connectivity index (χ1) is 8.85. The van der Waals surface area contributed by atoms with Gasteiger partial charge in [0.15, 0.2) is 11.4 Å². The van der Waals surface area contributed by atoms with E-state index in [1.807, 2.05) is 0 Å². The number of amidine groups is 1. The van der Waals surface area contributed by atoms with Crippen molar-refractivity contribution in [2.75, 3.05) is 6.26 Å². The smallest absolute Gasteiger partial charge is 0.404 e. The van der Waals surface area contributed by atoms with Gasteiger partial charge in [0.25, 0.3) is 0 Å². The molecule has 9 heteroatoms. The van der Waals surface area contributed by atoms with Gasteiger partial charge in [0.1, 0.15) is 5.75 Å². The number of hydrogen-bond acceptors (Lipinski definition) is 4. The van der Waals surface area contributed by atoms with Crippen LogP contribution in [0.5, 0.6) is 5.75 Å². The van der Waals surface area contributed by atoms with Crippen LogP contribution in [0.4, 0.5) is 18.9 Å². The fourth-order valence-corrected chi connectivity index (χ4v) is 1.61. The van der Waals surface area contributed by atoms with Gasteiger partial charge < -0.3 is 4.74 Å². The summed E-state index contributed by atoms with van der Waals surface area (Å²) in [6.45, 7) is 0. The lowest BCUT2D eigenvalue weighted by Crippen LogP contribution is -2.17. The Kier molecular flexibility index (Phi) is 5.32. The van der Waals surface area contributed by atoms with E-state index in [1.54, 1.807) is 12.4 Å². The number of halogens is 4. The summed E-state index contributed by atoms with van der Waals surface area (Å²) in [5.41, 5.74) is 0.298. The molecule has 0 radical (unpaired) electrons. The molecule has 4 nitrogen and oxygen atoms in total. The van der Waals surface area contributed by atoms with Gasteiger partial charge in [-0.2, -0.15) is 5.26 Å². The zero-order valence-corrected chi connectivity index (χ0v) is 11.0. The molecule has 0 heterocycles. The van der Waals surface area contributed by atoms with E-state index in [0.29, 0.717) is 10.9 Å². The minimum absolute atomic E-state index is 0.226. The minimum Gasteiger partial charge on any atom is -0.404 e. The zero-order valence-electron chi connectivity index (χ0n) is 9.45. The molecule has 19 heavy (non-hydrogen) atoms. The van der Waals surface area contributed by atoms with E-state index in [9.17, 15) is 13.2 Å². The van der Waals surface area contributed by atoms with Crippen LogP contribution < -0.4 is 10.1 Å². The Labute approximate surface area is 116 Å². The minimum atomic E-state index is -4.80. The average molecular weight is 310 g/mol. The van der Waals surface area contributed by atoms with Crippen molar-refractivity contribution in [1.29, 1.82) is 5.26 Å². The third-order valence-electron chi connectivity index (χ3n) is 1.73. The van der Waals surface area contributed by atoms with E-state index >= 15 is 0 Å². The molecule has 0 amide bonds. The number of nitriles is 1. The first-order valence-corrected chi connectivity index (χ1v) is 6.29. The van der Waals surface area contributed by atoms with Crippen LogP contribution in [0.1, 0.15) is 0 Å².